The summed E-state index contributed by atoms with van der Waals surface area (Å²) in [7, 11) is 0. The largest absolute Gasteiger partial charge is 0.451 e. The van der Waals surface area contributed by atoms with Gasteiger partial charge in [0.1, 0.15) is 0 Å². The lowest BCUT2D eigenvalue weighted by Gasteiger charge is -1.94. The first-order valence-corrected chi connectivity index (χ1v) is 5.57. The summed E-state index contributed by atoms with van der Waals surface area (Å²) in [6, 6.07) is 3.64. The van der Waals surface area contributed by atoms with Crippen LogP contribution in [-0.4, -0.2) is 5.78 Å². The zero-order valence-corrected chi connectivity index (χ0v) is 10.6. The van der Waals surface area contributed by atoms with Crippen molar-refractivity contribution in [3.8, 4) is 0 Å². The minimum atomic E-state index is -0.0871. The Morgan fingerprint density at radius 3 is 2.73 bits per heavy atom. The lowest BCUT2D eigenvalue weighted by Crippen LogP contribution is -1.90. The first-order valence-electron chi connectivity index (χ1n) is 4.40. The monoisotopic (exact) mass is 286 g/mol. The fraction of sp³-hybridized carbons (Fsp3) is 0.182. The smallest absolute Gasteiger partial charge is 0.195 e. The van der Waals surface area contributed by atoms with Gasteiger partial charge in [0, 0.05) is 22.3 Å². The highest BCUT2D eigenvalue weighted by atomic mass is 79.9. The average Bonchev–Trinajstić information content (AvgIpc) is 2.44. The highest BCUT2D eigenvalue weighted by Crippen LogP contribution is 2.33. The van der Waals surface area contributed by atoms with Gasteiger partial charge < -0.3 is 4.42 Å². The number of halogens is 2. The normalized spacial score (nSPS) is 10.9. The van der Waals surface area contributed by atoms with Crippen molar-refractivity contribution in [2.45, 2.75) is 13.8 Å². The Morgan fingerprint density at radius 1 is 1.47 bits per heavy atom. The van der Waals surface area contributed by atoms with Gasteiger partial charge in [0.05, 0.1) is 5.02 Å². The standard InChI is InChI=1S/C11H8BrClO2/c1-5-8-3-7(12)4-9(13)11(8)15-10(5)6(2)14/h3-4H,1-2H3. The second-order valence-electron chi connectivity index (χ2n) is 3.38. The van der Waals surface area contributed by atoms with E-state index in [1.54, 1.807) is 6.07 Å². The van der Waals surface area contributed by atoms with Gasteiger partial charge in [-0.15, -0.1) is 0 Å². The molecule has 78 valence electrons. The third-order valence-corrected chi connectivity index (χ3v) is 3.02. The van der Waals surface area contributed by atoms with E-state index >= 15 is 0 Å². The Balaban J connectivity index is 2.88. The summed E-state index contributed by atoms with van der Waals surface area (Å²) < 4.78 is 6.32. The number of ketones is 1. The van der Waals surface area contributed by atoms with Gasteiger partial charge in [0.15, 0.2) is 17.1 Å². The van der Waals surface area contributed by atoms with Crippen molar-refractivity contribution < 1.29 is 9.21 Å². The molecule has 2 nitrogen and oxygen atoms in total. The lowest BCUT2D eigenvalue weighted by atomic mass is 10.1. The molecule has 0 aliphatic carbocycles. The maximum absolute atomic E-state index is 11.3. The van der Waals surface area contributed by atoms with Gasteiger partial charge in [-0.25, -0.2) is 0 Å². The minimum absolute atomic E-state index is 0.0871. The Morgan fingerprint density at radius 2 is 2.13 bits per heavy atom. The van der Waals surface area contributed by atoms with Gasteiger partial charge in [0.2, 0.25) is 0 Å². The number of aryl methyl sites for hydroxylation is 1. The summed E-state index contributed by atoms with van der Waals surface area (Å²) in [5.74, 6) is 0.292. The zero-order valence-electron chi connectivity index (χ0n) is 8.23. The number of carbonyl (C=O) groups is 1. The van der Waals surface area contributed by atoms with E-state index in [1.807, 2.05) is 13.0 Å². The summed E-state index contributed by atoms with van der Waals surface area (Å²) in [6.45, 7) is 3.33. The van der Waals surface area contributed by atoms with E-state index in [0.29, 0.717) is 16.4 Å². The number of Topliss-reactive ketones (excluding diaryl/α,β-unsaturated/α-hetero) is 1. The molecule has 1 aromatic carbocycles. The SMILES string of the molecule is CC(=O)c1oc2c(Cl)cc(Br)cc2c1C. The molecule has 4 heteroatoms. The van der Waals surface area contributed by atoms with E-state index in [-0.39, 0.29) is 5.78 Å². The fourth-order valence-corrected chi connectivity index (χ4v) is 2.43. The quantitative estimate of drug-likeness (QED) is 0.730. The first-order chi connectivity index (χ1) is 7.00. The van der Waals surface area contributed by atoms with Gasteiger partial charge >= 0.3 is 0 Å². The molecule has 0 N–H and O–H groups in total. The van der Waals surface area contributed by atoms with Gasteiger partial charge in [-0.2, -0.15) is 0 Å². The second-order valence-corrected chi connectivity index (χ2v) is 4.70. The molecule has 0 radical (unpaired) electrons. The van der Waals surface area contributed by atoms with Crippen molar-refractivity contribution in [1.29, 1.82) is 0 Å². The zero-order chi connectivity index (χ0) is 11.2. The number of hydrogen-bond acceptors (Lipinski definition) is 2. The third-order valence-electron chi connectivity index (χ3n) is 2.28. The van der Waals surface area contributed by atoms with E-state index in [4.69, 9.17) is 16.0 Å². The molecule has 2 aromatic rings. The van der Waals surface area contributed by atoms with Crippen molar-refractivity contribution in [2.24, 2.45) is 0 Å². The topological polar surface area (TPSA) is 30.2 Å². The fourth-order valence-electron chi connectivity index (χ4n) is 1.58. The summed E-state index contributed by atoms with van der Waals surface area (Å²) in [6.07, 6.45) is 0. The van der Waals surface area contributed by atoms with Crippen molar-refractivity contribution in [3.63, 3.8) is 0 Å². The van der Waals surface area contributed by atoms with Gasteiger partial charge in [-0.1, -0.05) is 27.5 Å². The second kappa shape index (κ2) is 3.65. The average molecular weight is 288 g/mol. The molecule has 0 unspecified atom stereocenters. The predicted octanol–water partition coefficient (Wildman–Crippen LogP) is 4.36. The van der Waals surface area contributed by atoms with Crippen LogP contribution in [0.1, 0.15) is 23.0 Å². The molecule has 1 aromatic heterocycles. The van der Waals surface area contributed by atoms with Crippen LogP contribution in [0.2, 0.25) is 5.02 Å². The van der Waals surface area contributed by atoms with Crippen molar-refractivity contribution in [1.82, 2.24) is 0 Å². The Kier molecular flexibility index (Phi) is 2.61. The molecular weight excluding hydrogens is 279 g/mol. The number of fused-ring (bicyclic) bond motifs is 1. The Hall–Kier alpha value is -0.800. The van der Waals surface area contributed by atoms with Crippen LogP contribution < -0.4 is 0 Å². The summed E-state index contributed by atoms with van der Waals surface area (Å²) >= 11 is 9.37. The lowest BCUT2D eigenvalue weighted by molar-refractivity contribution is 0.0988. The van der Waals surface area contributed by atoms with Crippen molar-refractivity contribution in [3.05, 3.63) is 33.0 Å². The maximum Gasteiger partial charge on any atom is 0.195 e. The van der Waals surface area contributed by atoms with Crippen LogP contribution in [0.25, 0.3) is 11.0 Å². The molecule has 15 heavy (non-hydrogen) atoms. The van der Waals surface area contributed by atoms with E-state index < -0.39 is 0 Å². The first kappa shape index (κ1) is 10.7. The van der Waals surface area contributed by atoms with Crippen LogP contribution in [0.4, 0.5) is 0 Å². The maximum atomic E-state index is 11.3. The number of furan rings is 1. The molecule has 0 bridgehead atoms. The van der Waals surface area contributed by atoms with E-state index in [1.165, 1.54) is 6.92 Å². The van der Waals surface area contributed by atoms with E-state index in [9.17, 15) is 4.79 Å². The van der Waals surface area contributed by atoms with Crippen molar-refractivity contribution >= 4 is 44.3 Å². The molecule has 0 spiro atoms. The molecule has 0 saturated carbocycles. The number of hydrogen-bond donors (Lipinski definition) is 0. The van der Waals surface area contributed by atoms with Crippen LogP contribution >= 0.6 is 27.5 Å². The number of carbonyl (C=O) groups excluding carboxylic acids is 1. The summed E-state index contributed by atoms with van der Waals surface area (Å²) in [4.78, 5) is 11.3. The molecule has 0 fully saturated rings. The highest BCUT2D eigenvalue weighted by molar-refractivity contribution is 9.10. The van der Waals surface area contributed by atoms with Crippen LogP contribution in [0.15, 0.2) is 21.0 Å². The van der Waals surface area contributed by atoms with Gasteiger partial charge in [-0.05, 0) is 19.1 Å². The van der Waals surface area contributed by atoms with Gasteiger partial charge in [0.25, 0.3) is 0 Å². The molecule has 1 heterocycles. The molecule has 2 rings (SSSR count). The summed E-state index contributed by atoms with van der Waals surface area (Å²) in [5, 5.41) is 1.38. The predicted molar refractivity (Wildman–Crippen MR) is 63.7 cm³/mol. The number of benzene rings is 1. The molecule has 0 saturated heterocycles. The van der Waals surface area contributed by atoms with Crippen LogP contribution in [0, 0.1) is 6.92 Å². The van der Waals surface area contributed by atoms with E-state index in [2.05, 4.69) is 15.9 Å². The van der Waals surface area contributed by atoms with Gasteiger partial charge in [-0.3, -0.25) is 4.79 Å². The highest BCUT2D eigenvalue weighted by Gasteiger charge is 2.16. The van der Waals surface area contributed by atoms with E-state index in [0.717, 1.165) is 15.4 Å². The molecule has 0 aliphatic rings. The van der Waals surface area contributed by atoms with Crippen LogP contribution in [0.5, 0.6) is 0 Å². The Bertz CT molecular complexity index is 557. The summed E-state index contributed by atoms with van der Waals surface area (Å²) in [5.41, 5.74) is 1.41. The Labute approximate surface area is 100 Å². The number of rotatable bonds is 1. The third kappa shape index (κ3) is 1.70. The van der Waals surface area contributed by atoms with Crippen LogP contribution in [0.3, 0.4) is 0 Å². The molecule has 0 aliphatic heterocycles. The van der Waals surface area contributed by atoms with Crippen LogP contribution in [-0.2, 0) is 0 Å². The molecular formula is C11H8BrClO2. The minimum Gasteiger partial charge on any atom is -0.451 e. The van der Waals surface area contributed by atoms with Crippen molar-refractivity contribution in [2.75, 3.05) is 0 Å². The molecule has 0 atom stereocenters. The molecule has 0 amide bonds.